The molecule has 4 aromatic rings. The van der Waals surface area contributed by atoms with Crippen LogP contribution in [0.1, 0.15) is 6.92 Å². The molecule has 1 amide bonds. The van der Waals surface area contributed by atoms with Crippen molar-refractivity contribution in [1.82, 2.24) is 10.1 Å². The number of methoxy groups -OCH3 is 1. The minimum absolute atomic E-state index is 0.115. The molecule has 0 saturated carbocycles. The van der Waals surface area contributed by atoms with Crippen molar-refractivity contribution in [2.75, 3.05) is 12.4 Å². The van der Waals surface area contributed by atoms with Crippen molar-refractivity contribution in [3.63, 3.8) is 0 Å². The first-order valence-electron chi connectivity index (χ1n) is 9.25. The van der Waals surface area contributed by atoms with E-state index in [4.69, 9.17) is 14.0 Å². The molecule has 1 heterocycles. The molecule has 0 saturated heterocycles. The lowest BCUT2D eigenvalue weighted by Crippen LogP contribution is -2.05. The van der Waals surface area contributed by atoms with Gasteiger partial charge in [-0.25, -0.2) is 0 Å². The Hall–Kier alpha value is -4.13. The molecule has 1 N–H and O–H groups in total. The number of anilines is 1. The van der Waals surface area contributed by atoms with E-state index < -0.39 is 0 Å². The molecule has 1 aromatic heterocycles. The van der Waals surface area contributed by atoms with Gasteiger partial charge in [0.2, 0.25) is 11.7 Å². The van der Waals surface area contributed by atoms with Gasteiger partial charge < -0.3 is 19.3 Å². The van der Waals surface area contributed by atoms with Crippen LogP contribution in [0.15, 0.2) is 77.3 Å². The van der Waals surface area contributed by atoms with Gasteiger partial charge in [-0.15, -0.1) is 0 Å². The minimum atomic E-state index is -0.115. The third kappa shape index (κ3) is 4.47. The van der Waals surface area contributed by atoms with Crippen LogP contribution < -0.4 is 14.8 Å². The van der Waals surface area contributed by atoms with Crippen molar-refractivity contribution in [2.24, 2.45) is 0 Å². The zero-order chi connectivity index (χ0) is 20.9. The number of aromatic nitrogens is 2. The van der Waals surface area contributed by atoms with Crippen LogP contribution in [0.25, 0.3) is 22.8 Å². The number of ether oxygens (including phenoxy) is 2. The molecule has 7 heteroatoms. The third-order valence-electron chi connectivity index (χ3n) is 4.29. The Balaban J connectivity index is 1.44. The van der Waals surface area contributed by atoms with Crippen LogP contribution in [-0.4, -0.2) is 23.2 Å². The molecular formula is C23H19N3O4. The Morgan fingerprint density at radius 2 is 1.40 bits per heavy atom. The SMILES string of the molecule is COc1ccc(-c2nc(-c3ccc(Oc4ccc(NC(C)=O)cc4)cc3)no2)cc1. The summed E-state index contributed by atoms with van der Waals surface area (Å²) in [6.45, 7) is 1.47. The maximum absolute atomic E-state index is 11.1. The van der Waals surface area contributed by atoms with Crippen LogP contribution >= 0.6 is 0 Å². The summed E-state index contributed by atoms with van der Waals surface area (Å²) in [4.78, 5) is 15.5. The molecule has 0 unspecified atom stereocenters. The monoisotopic (exact) mass is 401 g/mol. The van der Waals surface area contributed by atoms with Crippen molar-refractivity contribution >= 4 is 11.6 Å². The highest BCUT2D eigenvalue weighted by molar-refractivity contribution is 5.88. The van der Waals surface area contributed by atoms with Crippen molar-refractivity contribution in [3.05, 3.63) is 72.8 Å². The second kappa shape index (κ2) is 8.48. The van der Waals surface area contributed by atoms with E-state index in [1.54, 1.807) is 31.4 Å². The van der Waals surface area contributed by atoms with Crippen molar-refractivity contribution < 1.29 is 18.8 Å². The summed E-state index contributed by atoms with van der Waals surface area (Å²) >= 11 is 0. The molecule has 0 fully saturated rings. The number of hydrogen-bond acceptors (Lipinski definition) is 6. The summed E-state index contributed by atoms with van der Waals surface area (Å²) in [6.07, 6.45) is 0. The zero-order valence-corrected chi connectivity index (χ0v) is 16.5. The zero-order valence-electron chi connectivity index (χ0n) is 16.5. The molecule has 30 heavy (non-hydrogen) atoms. The summed E-state index contributed by atoms with van der Waals surface area (Å²) in [5.41, 5.74) is 2.35. The van der Waals surface area contributed by atoms with Crippen LogP contribution in [0.2, 0.25) is 0 Å². The maximum atomic E-state index is 11.1. The van der Waals surface area contributed by atoms with Crippen molar-refractivity contribution in [3.8, 4) is 40.1 Å². The summed E-state index contributed by atoms with van der Waals surface area (Å²) in [5, 5.41) is 6.78. The van der Waals surface area contributed by atoms with Crippen molar-refractivity contribution in [2.45, 2.75) is 6.92 Å². The fourth-order valence-electron chi connectivity index (χ4n) is 2.81. The highest BCUT2D eigenvalue weighted by Crippen LogP contribution is 2.27. The van der Waals surface area contributed by atoms with E-state index in [1.807, 2.05) is 48.5 Å². The van der Waals surface area contributed by atoms with Crippen LogP contribution in [0.3, 0.4) is 0 Å². The summed E-state index contributed by atoms with van der Waals surface area (Å²) in [5.74, 6) is 2.91. The van der Waals surface area contributed by atoms with Gasteiger partial charge in [-0.05, 0) is 72.8 Å². The lowest BCUT2D eigenvalue weighted by atomic mass is 10.2. The first kappa shape index (κ1) is 19.2. The molecule has 0 spiro atoms. The van der Waals surface area contributed by atoms with Gasteiger partial charge in [-0.1, -0.05) is 5.16 Å². The van der Waals surface area contributed by atoms with E-state index in [1.165, 1.54) is 6.92 Å². The molecule has 0 aliphatic carbocycles. The molecule has 7 nitrogen and oxygen atoms in total. The van der Waals surface area contributed by atoms with Gasteiger partial charge in [-0.2, -0.15) is 4.98 Å². The molecule has 4 rings (SSSR count). The van der Waals surface area contributed by atoms with E-state index in [0.717, 1.165) is 22.6 Å². The average Bonchev–Trinajstić information content (AvgIpc) is 3.26. The van der Waals surface area contributed by atoms with Crippen molar-refractivity contribution in [1.29, 1.82) is 0 Å². The first-order chi connectivity index (χ1) is 14.6. The van der Waals surface area contributed by atoms with Crippen LogP contribution in [0.4, 0.5) is 5.69 Å². The van der Waals surface area contributed by atoms with E-state index in [0.29, 0.717) is 23.2 Å². The molecule has 0 radical (unpaired) electrons. The lowest BCUT2D eigenvalue weighted by molar-refractivity contribution is -0.114. The third-order valence-corrected chi connectivity index (χ3v) is 4.29. The van der Waals surface area contributed by atoms with Gasteiger partial charge in [0.25, 0.3) is 5.89 Å². The maximum Gasteiger partial charge on any atom is 0.258 e. The number of hydrogen-bond donors (Lipinski definition) is 1. The van der Waals surface area contributed by atoms with Crippen LogP contribution in [0, 0.1) is 0 Å². The minimum Gasteiger partial charge on any atom is -0.497 e. The van der Waals surface area contributed by atoms with Gasteiger partial charge in [0.05, 0.1) is 7.11 Å². The highest BCUT2D eigenvalue weighted by Gasteiger charge is 2.11. The fraction of sp³-hybridized carbons (Fsp3) is 0.0870. The average molecular weight is 401 g/mol. The van der Waals surface area contributed by atoms with Gasteiger partial charge in [0.15, 0.2) is 0 Å². The molecule has 0 bridgehead atoms. The Morgan fingerprint density at radius 1 is 0.833 bits per heavy atom. The number of carbonyl (C=O) groups excluding carboxylic acids is 1. The van der Waals surface area contributed by atoms with E-state index in [-0.39, 0.29) is 5.91 Å². The summed E-state index contributed by atoms with van der Waals surface area (Å²) in [7, 11) is 1.62. The van der Waals surface area contributed by atoms with Gasteiger partial charge in [-0.3, -0.25) is 4.79 Å². The second-order valence-electron chi connectivity index (χ2n) is 6.48. The molecule has 150 valence electrons. The molecule has 0 atom stereocenters. The number of amides is 1. The molecular weight excluding hydrogens is 382 g/mol. The smallest absolute Gasteiger partial charge is 0.258 e. The highest BCUT2D eigenvalue weighted by atomic mass is 16.5. The van der Waals surface area contributed by atoms with E-state index in [9.17, 15) is 4.79 Å². The topological polar surface area (TPSA) is 86.5 Å². The molecule has 3 aromatic carbocycles. The normalized spacial score (nSPS) is 10.5. The Kier molecular flexibility index (Phi) is 5.43. The van der Waals surface area contributed by atoms with Gasteiger partial charge in [0, 0.05) is 23.7 Å². The number of nitrogens with one attached hydrogen (secondary N) is 1. The fourth-order valence-corrected chi connectivity index (χ4v) is 2.81. The lowest BCUT2D eigenvalue weighted by Gasteiger charge is -2.07. The Labute approximate surface area is 173 Å². The number of carbonyl (C=O) groups is 1. The summed E-state index contributed by atoms with van der Waals surface area (Å²) < 4.78 is 16.4. The quantitative estimate of drug-likeness (QED) is 0.480. The first-order valence-corrected chi connectivity index (χ1v) is 9.25. The predicted molar refractivity (Wildman–Crippen MR) is 113 cm³/mol. The molecule has 0 aliphatic heterocycles. The Morgan fingerprint density at radius 3 is 2.00 bits per heavy atom. The predicted octanol–water partition coefficient (Wildman–Crippen LogP) is 5.16. The number of rotatable bonds is 6. The van der Waals surface area contributed by atoms with E-state index >= 15 is 0 Å². The Bertz CT molecular complexity index is 1130. The van der Waals surface area contributed by atoms with E-state index in [2.05, 4.69) is 15.5 Å². The second-order valence-corrected chi connectivity index (χ2v) is 6.48. The van der Waals surface area contributed by atoms with Gasteiger partial charge >= 0.3 is 0 Å². The largest absolute Gasteiger partial charge is 0.497 e. The summed E-state index contributed by atoms with van der Waals surface area (Å²) in [6, 6.07) is 22.0. The van der Waals surface area contributed by atoms with Gasteiger partial charge in [0.1, 0.15) is 17.2 Å². The number of benzene rings is 3. The standard InChI is InChI=1S/C23H19N3O4/c1-15(27)24-18-7-13-21(14-8-18)29-20-11-3-16(4-12-20)22-25-23(30-26-22)17-5-9-19(28-2)10-6-17/h3-14H,1-2H3,(H,24,27). The van der Waals surface area contributed by atoms with Crippen LogP contribution in [-0.2, 0) is 4.79 Å². The number of nitrogens with zero attached hydrogens (tertiary/aromatic N) is 2. The van der Waals surface area contributed by atoms with Crippen LogP contribution in [0.5, 0.6) is 17.2 Å². The molecule has 0 aliphatic rings.